The number of likely N-dealkylation sites (tertiary alicyclic amines) is 1. The minimum Gasteiger partial charge on any atom is -0.480 e. The minimum atomic E-state index is -0.947. The van der Waals surface area contributed by atoms with Crippen LogP contribution in [0.5, 0.6) is 0 Å². The molecule has 0 radical (unpaired) electrons. The van der Waals surface area contributed by atoms with Crippen LogP contribution in [0.1, 0.15) is 35.4 Å². The van der Waals surface area contributed by atoms with Gasteiger partial charge in [0.2, 0.25) is 0 Å². The second-order valence-corrected chi connectivity index (χ2v) is 5.77. The van der Waals surface area contributed by atoms with Gasteiger partial charge in [-0.1, -0.05) is 18.2 Å². The lowest BCUT2D eigenvalue weighted by molar-refractivity contribution is -0.143. The Balaban J connectivity index is 1.90. The largest absolute Gasteiger partial charge is 0.480 e. The molecule has 23 heavy (non-hydrogen) atoms. The van der Waals surface area contributed by atoms with E-state index in [9.17, 15) is 14.7 Å². The van der Waals surface area contributed by atoms with Crippen LogP contribution in [0, 0.1) is 6.92 Å². The highest BCUT2D eigenvalue weighted by Gasteiger charge is 2.33. The number of hydrogen-bond acceptors (Lipinski definition) is 3. The molecular weight excluding hydrogens is 294 g/mol. The Morgan fingerprint density at radius 3 is 2.65 bits per heavy atom. The first-order chi connectivity index (χ1) is 11.1. The van der Waals surface area contributed by atoms with Crippen LogP contribution in [0.4, 0.5) is 0 Å². The number of aryl methyl sites for hydroxylation is 1. The van der Waals surface area contributed by atoms with Gasteiger partial charge in [0, 0.05) is 12.2 Å². The lowest BCUT2D eigenvalue weighted by Gasteiger charge is -2.32. The summed E-state index contributed by atoms with van der Waals surface area (Å²) in [5, 5.41) is 13.7. The van der Waals surface area contributed by atoms with Gasteiger partial charge >= 0.3 is 5.97 Å². The van der Waals surface area contributed by atoms with Gasteiger partial charge < -0.3 is 10.0 Å². The third-order valence-corrected chi connectivity index (χ3v) is 4.16. The molecule has 0 aliphatic carbocycles. The number of aromatic nitrogens is 2. The van der Waals surface area contributed by atoms with Gasteiger partial charge in [-0.05, 0) is 44.4 Å². The van der Waals surface area contributed by atoms with Gasteiger partial charge in [0.25, 0.3) is 5.91 Å². The number of carboxylic acids is 1. The standard InChI is InChI=1S/C17H19N3O3/c1-12-11-14(18-20(12)13-7-3-2-4-8-13)16(21)19-10-6-5-9-15(19)17(22)23/h2-4,7-8,11,15H,5-6,9-10H2,1H3,(H,22,23). The summed E-state index contributed by atoms with van der Waals surface area (Å²) in [7, 11) is 0. The first-order valence-corrected chi connectivity index (χ1v) is 7.74. The average Bonchev–Trinajstić information content (AvgIpc) is 2.97. The monoisotopic (exact) mass is 313 g/mol. The van der Waals surface area contributed by atoms with Crippen LogP contribution in [-0.2, 0) is 4.79 Å². The molecule has 1 fully saturated rings. The van der Waals surface area contributed by atoms with Gasteiger partial charge in [0.15, 0.2) is 5.69 Å². The van der Waals surface area contributed by atoms with E-state index < -0.39 is 12.0 Å². The van der Waals surface area contributed by atoms with E-state index in [2.05, 4.69) is 5.10 Å². The van der Waals surface area contributed by atoms with Gasteiger partial charge in [-0.2, -0.15) is 5.10 Å². The Kier molecular flexibility index (Phi) is 4.14. The fraction of sp³-hybridized carbons (Fsp3) is 0.353. The van der Waals surface area contributed by atoms with E-state index in [0.717, 1.165) is 24.2 Å². The van der Waals surface area contributed by atoms with Crippen molar-refractivity contribution >= 4 is 11.9 Å². The van der Waals surface area contributed by atoms with Crippen molar-refractivity contribution in [1.82, 2.24) is 14.7 Å². The number of amides is 1. The van der Waals surface area contributed by atoms with Crippen LogP contribution in [0.3, 0.4) is 0 Å². The Hall–Kier alpha value is -2.63. The molecule has 1 unspecified atom stereocenters. The highest BCUT2D eigenvalue weighted by atomic mass is 16.4. The molecule has 1 aliphatic rings. The number of hydrogen-bond donors (Lipinski definition) is 1. The van der Waals surface area contributed by atoms with E-state index in [0.29, 0.717) is 18.7 Å². The Morgan fingerprint density at radius 1 is 1.22 bits per heavy atom. The number of piperidine rings is 1. The number of rotatable bonds is 3. The first kappa shape index (κ1) is 15.3. The Morgan fingerprint density at radius 2 is 1.96 bits per heavy atom. The minimum absolute atomic E-state index is 0.291. The van der Waals surface area contributed by atoms with Gasteiger partial charge in [0.1, 0.15) is 6.04 Å². The molecule has 1 aromatic heterocycles. The van der Waals surface area contributed by atoms with Crippen LogP contribution in [-0.4, -0.2) is 44.3 Å². The van der Waals surface area contributed by atoms with E-state index in [1.54, 1.807) is 10.7 Å². The maximum absolute atomic E-state index is 12.7. The second kappa shape index (κ2) is 6.24. The number of carbonyl (C=O) groups excluding carboxylic acids is 1. The molecular formula is C17H19N3O3. The maximum atomic E-state index is 12.7. The van der Waals surface area contributed by atoms with Crippen LogP contribution in [0.25, 0.3) is 5.69 Å². The van der Waals surface area contributed by atoms with E-state index >= 15 is 0 Å². The number of benzene rings is 1. The molecule has 6 heteroatoms. The zero-order chi connectivity index (χ0) is 16.4. The molecule has 6 nitrogen and oxygen atoms in total. The van der Waals surface area contributed by atoms with Crippen molar-refractivity contribution in [3.8, 4) is 5.69 Å². The fourth-order valence-corrected chi connectivity index (χ4v) is 2.99. The number of aliphatic carboxylic acids is 1. The Labute approximate surface area is 134 Å². The predicted molar refractivity (Wildman–Crippen MR) is 84.6 cm³/mol. The van der Waals surface area contributed by atoms with Crippen LogP contribution >= 0.6 is 0 Å². The molecule has 1 atom stereocenters. The maximum Gasteiger partial charge on any atom is 0.326 e. The highest BCUT2D eigenvalue weighted by molar-refractivity contribution is 5.95. The highest BCUT2D eigenvalue weighted by Crippen LogP contribution is 2.21. The number of carboxylic acid groups (broad SMARTS) is 1. The second-order valence-electron chi connectivity index (χ2n) is 5.77. The molecule has 0 bridgehead atoms. The third-order valence-electron chi connectivity index (χ3n) is 4.16. The van der Waals surface area contributed by atoms with Gasteiger partial charge in [-0.3, -0.25) is 4.79 Å². The van der Waals surface area contributed by atoms with Crippen molar-refractivity contribution in [3.05, 3.63) is 47.8 Å². The third kappa shape index (κ3) is 2.97. The Bertz CT molecular complexity index is 724. The normalized spacial score (nSPS) is 18.0. The van der Waals surface area contributed by atoms with E-state index in [1.807, 2.05) is 37.3 Å². The van der Waals surface area contributed by atoms with Crippen molar-refractivity contribution in [2.24, 2.45) is 0 Å². The zero-order valence-corrected chi connectivity index (χ0v) is 13.0. The molecule has 1 amide bonds. The molecule has 2 heterocycles. The smallest absolute Gasteiger partial charge is 0.326 e. The van der Waals surface area contributed by atoms with Gasteiger partial charge in [0.05, 0.1) is 5.69 Å². The number of para-hydroxylation sites is 1. The molecule has 0 saturated carbocycles. The van der Waals surface area contributed by atoms with Crippen molar-refractivity contribution in [1.29, 1.82) is 0 Å². The summed E-state index contributed by atoms with van der Waals surface area (Å²) in [6, 6.07) is 10.5. The topological polar surface area (TPSA) is 75.4 Å². The molecule has 1 aromatic carbocycles. The van der Waals surface area contributed by atoms with Gasteiger partial charge in [-0.15, -0.1) is 0 Å². The zero-order valence-electron chi connectivity index (χ0n) is 13.0. The SMILES string of the molecule is Cc1cc(C(=O)N2CCCCC2C(=O)O)nn1-c1ccccc1. The van der Waals surface area contributed by atoms with Gasteiger partial charge in [-0.25, -0.2) is 9.48 Å². The van der Waals surface area contributed by atoms with Crippen LogP contribution in [0.2, 0.25) is 0 Å². The van der Waals surface area contributed by atoms with Crippen molar-refractivity contribution in [2.75, 3.05) is 6.54 Å². The van der Waals surface area contributed by atoms with E-state index in [-0.39, 0.29) is 5.91 Å². The molecule has 2 aromatic rings. The summed E-state index contributed by atoms with van der Waals surface area (Å²) < 4.78 is 1.70. The quantitative estimate of drug-likeness (QED) is 0.943. The number of carbonyl (C=O) groups is 2. The van der Waals surface area contributed by atoms with Crippen LogP contribution in [0.15, 0.2) is 36.4 Å². The van der Waals surface area contributed by atoms with Crippen molar-refractivity contribution in [3.63, 3.8) is 0 Å². The lowest BCUT2D eigenvalue weighted by atomic mass is 10.0. The molecule has 120 valence electrons. The van der Waals surface area contributed by atoms with E-state index in [1.165, 1.54) is 4.90 Å². The average molecular weight is 313 g/mol. The molecule has 0 spiro atoms. The lowest BCUT2D eigenvalue weighted by Crippen LogP contribution is -2.48. The summed E-state index contributed by atoms with van der Waals surface area (Å²) >= 11 is 0. The molecule has 3 rings (SSSR count). The first-order valence-electron chi connectivity index (χ1n) is 7.74. The summed E-state index contributed by atoms with van der Waals surface area (Å²) in [4.78, 5) is 25.5. The van der Waals surface area contributed by atoms with E-state index in [4.69, 9.17) is 0 Å². The summed E-state index contributed by atoms with van der Waals surface area (Å²) in [6.07, 6.45) is 2.16. The van der Waals surface area contributed by atoms with Crippen molar-refractivity contribution in [2.45, 2.75) is 32.2 Å². The number of nitrogens with zero attached hydrogens (tertiary/aromatic N) is 3. The van der Waals surface area contributed by atoms with Crippen molar-refractivity contribution < 1.29 is 14.7 Å². The predicted octanol–water partition coefficient (Wildman–Crippen LogP) is 2.26. The molecule has 1 saturated heterocycles. The van der Waals surface area contributed by atoms with Crippen LogP contribution < -0.4 is 0 Å². The summed E-state index contributed by atoms with van der Waals surface area (Å²) in [6.45, 7) is 2.34. The fourth-order valence-electron chi connectivity index (χ4n) is 2.99. The summed E-state index contributed by atoms with van der Waals surface area (Å²) in [5.74, 6) is -1.26. The molecule has 1 N–H and O–H groups in total. The molecule has 1 aliphatic heterocycles. The summed E-state index contributed by atoms with van der Waals surface area (Å²) in [5.41, 5.74) is 2.00.